The fraction of sp³-hybridized carbons (Fsp3) is 0.556. The van der Waals surface area contributed by atoms with Crippen LogP contribution in [0.2, 0.25) is 0 Å². The van der Waals surface area contributed by atoms with Gasteiger partial charge in [0.1, 0.15) is 12.4 Å². The van der Waals surface area contributed by atoms with Crippen molar-refractivity contribution in [2.45, 2.75) is 24.9 Å². The molecular weight excluding hydrogens is 324 g/mol. The molecule has 1 N–H and O–H groups in total. The lowest BCUT2D eigenvalue weighted by Gasteiger charge is -2.35. The standard InChI is InChI=1S/C18H24N2O5/c1-23-15-4-2-14(3-5-15)6-9-19-16(21)12-20-10-7-18(8-11-20)13-24-17(22)25-18/h2-5H,6-13H2,1H3,(H,19,21). The van der Waals surface area contributed by atoms with Gasteiger partial charge in [-0.2, -0.15) is 0 Å². The van der Waals surface area contributed by atoms with Gasteiger partial charge in [-0.25, -0.2) is 4.79 Å². The minimum Gasteiger partial charge on any atom is -0.497 e. The van der Waals surface area contributed by atoms with Crippen molar-refractivity contribution in [2.75, 3.05) is 39.9 Å². The molecule has 2 heterocycles. The van der Waals surface area contributed by atoms with Crippen LogP contribution in [0.4, 0.5) is 4.79 Å². The summed E-state index contributed by atoms with van der Waals surface area (Å²) in [6, 6.07) is 7.83. The lowest BCUT2D eigenvalue weighted by molar-refractivity contribution is -0.123. The normalized spacial score (nSPS) is 19.3. The molecule has 0 unspecified atom stereocenters. The van der Waals surface area contributed by atoms with Gasteiger partial charge in [-0.15, -0.1) is 0 Å². The quantitative estimate of drug-likeness (QED) is 0.782. The highest BCUT2D eigenvalue weighted by molar-refractivity contribution is 5.78. The third-order valence-electron chi connectivity index (χ3n) is 4.78. The first-order valence-corrected chi connectivity index (χ1v) is 8.56. The molecule has 136 valence electrons. The fourth-order valence-electron chi connectivity index (χ4n) is 3.19. The summed E-state index contributed by atoms with van der Waals surface area (Å²) >= 11 is 0. The van der Waals surface area contributed by atoms with Crippen molar-refractivity contribution in [1.82, 2.24) is 10.2 Å². The van der Waals surface area contributed by atoms with Crippen LogP contribution in [0, 0.1) is 0 Å². The number of cyclic esters (lactones) is 1. The Hall–Kier alpha value is -2.28. The van der Waals surface area contributed by atoms with Crippen molar-refractivity contribution in [1.29, 1.82) is 0 Å². The molecule has 0 saturated carbocycles. The molecule has 1 spiro atoms. The number of amides is 1. The van der Waals surface area contributed by atoms with Gasteiger partial charge in [0, 0.05) is 32.5 Å². The van der Waals surface area contributed by atoms with Crippen LogP contribution in [0.5, 0.6) is 5.75 Å². The molecule has 0 atom stereocenters. The van der Waals surface area contributed by atoms with Gasteiger partial charge in [0.25, 0.3) is 0 Å². The predicted molar refractivity (Wildman–Crippen MR) is 90.5 cm³/mol. The van der Waals surface area contributed by atoms with E-state index in [4.69, 9.17) is 14.2 Å². The third kappa shape index (κ3) is 4.63. The molecule has 0 aromatic heterocycles. The van der Waals surface area contributed by atoms with E-state index >= 15 is 0 Å². The minimum atomic E-state index is -0.579. The third-order valence-corrected chi connectivity index (χ3v) is 4.78. The number of benzene rings is 1. The molecule has 7 nitrogen and oxygen atoms in total. The number of carbonyl (C=O) groups is 2. The van der Waals surface area contributed by atoms with Crippen LogP contribution in [0.1, 0.15) is 18.4 Å². The highest BCUT2D eigenvalue weighted by atomic mass is 16.8. The number of hydrogen-bond donors (Lipinski definition) is 1. The maximum absolute atomic E-state index is 12.1. The first kappa shape index (κ1) is 17.5. The van der Waals surface area contributed by atoms with Crippen LogP contribution in [0.3, 0.4) is 0 Å². The van der Waals surface area contributed by atoms with Crippen molar-refractivity contribution in [3.05, 3.63) is 29.8 Å². The van der Waals surface area contributed by atoms with Gasteiger partial charge in [-0.3, -0.25) is 9.69 Å². The summed E-state index contributed by atoms with van der Waals surface area (Å²) in [7, 11) is 1.64. The Morgan fingerprint density at radius 1 is 1.28 bits per heavy atom. The first-order chi connectivity index (χ1) is 12.1. The summed E-state index contributed by atoms with van der Waals surface area (Å²) in [6.07, 6.45) is 1.62. The summed E-state index contributed by atoms with van der Waals surface area (Å²) in [4.78, 5) is 25.3. The van der Waals surface area contributed by atoms with E-state index in [1.807, 2.05) is 24.3 Å². The number of hydrogen-bond acceptors (Lipinski definition) is 6. The fourth-order valence-corrected chi connectivity index (χ4v) is 3.19. The summed E-state index contributed by atoms with van der Waals surface area (Å²) in [5.74, 6) is 0.845. The van der Waals surface area contributed by atoms with Crippen molar-refractivity contribution in [2.24, 2.45) is 0 Å². The second-order valence-corrected chi connectivity index (χ2v) is 6.55. The molecule has 3 rings (SSSR count). The molecule has 7 heteroatoms. The lowest BCUT2D eigenvalue weighted by Crippen LogP contribution is -2.48. The Bertz CT molecular complexity index is 608. The van der Waals surface area contributed by atoms with Crippen molar-refractivity contribution in [3.63, 3.8) is 0 Å². The number of nitrogens with one attached hydrogen (secondary N) is 1. The second kappa shape index (κ2) is 7.74. The SMILES string of the molecule is COc1ccc(CCNC(=O)CN2CCC3(CC2)COC(=O)O3)cc1. The molecule has 2 fully saturated rings. The van der Waals surface area contributed by atoms with Gasteiger partial charge >= 0.3 is 6.16 Å². The Morgan fingerprint density at radius 3 is 2.60 bits per heavy atom. The number of piperidine rings is 1. The Balaban J connectivity index is 1.35. The van der Waals surface area contributed by atoms with E-state index in [0.29, 0.717) is 32.5 Å². The molecular formula is C18H24N2O5. The minimum absolute atomic E-state index is 0.0177. The van der Waals surface area contributed by atoms with Crippen LogP contribution in [0.25, 0.3) is 0 Å². The molecule has 2 aliphatic heterocycles. The largest absolute Gasteiger partial charge is 0.509 e. The zero-order valence-corrected chi connectivity index (χ0v) is 14.5. The zero-order valence-electron chi connectivity index (χ0n) is 14.5. The summed E-state index contributed by atoms with van der Waals surface area (Å²) in [5.41, 5.74) is 0.683. The van der Waals surface area contributed by atoms with Crippen LogP contribution in [-0.2, 0) is 20.7 Å². The number of rotatable bonds is 6. The molecule has 2 saturated heterocycles. The second-order valence-electron chi connectivity index (χ2n) is 6.55. The van der Waals surface area contributed by atoms with E-state index in [2.05, 4.69) is 10.2 Å². The molecule has 0 radical (unpaired) electrons. The van der Waals surface area contributed by atoms with Crippen LogP contribution < -0.4 is 10.1 Å². The molecule has 1 amide bonds. The highest BCUT2D eigenvalue weighted by Crippen LogP contribution is 2.31. The topological polar surface area (TPSA) is 77.1 Å². The van der Waals surface area contributed by atoms with Gasteiger partial charge in [-0.05, 0) is 24.1 Å². The Morgan fingerprint density at radius 2 is 2.00 bits per heavy atom. The highest BCUT2D eigenvalue weighted by Gasteiger charge is 2.44. The van der Waals surface area contributed by atoms with Gasteiger partial charge < -0.3 is 19.5 Å². The van der Waals surface area contributed by atoms with E-state index in [1.54, 1.807) is 7.11 Å². The van der Waals surface area contributed by atoms with Gasteiger partial charge in [0.2, 0.25) is 5.91 Å². The van der Waals surface area contributed by atoms with Gasteiger partial charge in [-0.1, -0.05) is 12.1 Å². The Kier molecular flexibility index (Phi) is 5.43. The van der Waals surface area contributed by atoms with Crippen molar-refractivity contribution in [3.8, 4) is 5.75 Å². The number of methoxy groups -OCH3 is 1. The summed E-state index contributed by atoms with van der Waals surface area (Å²) < 4.78 is 15.3. The van der Waals surface area contributed by atoms with E-state index in [0.717, 1.165) is 30.8 Å². The zero-order chi connectivity index (χ0) is 17.7. The van der Waals surface area contributed by atoms with E-state index in [1.165, 1.54) is 0 Å². The van der Waals surface area contributed by atoms with Crippen LogP contribution in [-0.4, -0.2) is 62.5 Å². The number of likely N-dealkylation sites (tertiary alicyclic amines) is 1. The lowest BCUT2D eigenvalue weighted by atomic mass is 9.92. The maximum atomic E-state index is 12.1. The molecule has 2 aliphatic rings. The summed E-state index contributed by atoms with van der Waals surface area (Å²) in [6.45, 7) is 2.75. The molecule has 0 bridgehead atoms. The van der Waals surface area contributed by atoms with Crippen molar-refractivity contribution >= 4 is 12.1 Å². The van der Waals surface area contributed by atoms with Gasteiger partial charge in [0.15, 0.2) is 5.60 Å². The number of carbonyl (C=O) groups excluding carboxylic acids is 2. The van der Waals surface area contributed by atoms with E-state index < -0.39 is 11.8 Å². The van der Waals surface area contributed by atoms with Crippen molar-refractivity contribution < 1.29 is 23.8 Å². The predicted octanol–water partition coefficient (Wildman–Crippen LogP) is 1.36. The average molecular weight is 348 g/mol. The maximum Gasteiger partial charge on any atom is 0.509 e. The number of nitrogens with zero attached hydrogens (tertiary/aromatic N) is 1. The molecule has 0 aliphatic carbocycles. The van der Waals surface area contributed by atoms with Gasteiger partial charge in [0.05, 0.1) is 13.7 Å². The molecule has 25 heavy (non-hydrogen) atoms. The van der Waals surface area contributed by atoms with Crippen LogP contribution >= 0.6 is 0 Å². The smallest absolute Gasteiger partial charge is 0.497 e. The Labute approximate surface area is 147 Å². The monoisotopic (exact) mass is 348 g/mol. The summed E-state index contributed by atoms with van der Waals surface area (Å²) in [5, 5.41) is 2.95. The number of ether oxygens (including phenoxy) is 3. The van der Waals surface area contributed by atoms with Crippen LogP contribution in [0.15, 0.2) is 24.3 Å². The molecule has 1 aromatic carbocycles. The van der Waals surface area contributed by atoms with E-state index in [-0.39, 0.29) is 5.91 Å². The van der Waals surface area contributed by atoms with E-state index in [9.17, 15) is 9.59 Å². The average Bonchev–Trinajstić information content (AvgIpc) is 2.98. The molecule has 1 aromatic rings. The first-order valence-electron chi connectivity index (χ1n) is 8.56.